The number of fused-ring (bicyclic) bond motifs is 1. The fourth-order valence-corrected chi connectivity index (χ4v) is 3.21. The fourth-order valence-electron chi connectivity index (χ4n) is 2.45. The van der Waals surface area contributed by atoms with Gasteiger partial charge in [-0.2, -0.15) is 5.10 Å². The number of aromatic nitrogens is 2. The molecule has 0 saturated carbocycles. The van der Waals surface area contributed by atoms with Gasteiger partial charge in [0.25, 0.3) is 0 Å². The molecule has 4 nitrogen and oxygen atoms in total. The maximum Gasteiger partial charge on any atom is 0.172 e. The molecule has 21 heavy (non-hydrogen) atoms. The Hall–Kier alpha value is -1.88. The van der Waals surface area contributed by atoms with Crippen molar-refractivity contribution in [3.8, 4) is 0 Å². The van der Waals surface area contributed by atoms with Gasteiger partial charge < -0.3 is 4.42 Å². The van der Waals surface area contributed by atoms with Gasteiger partial charge in [0.1, 0.15) is 11.8 Å². The molecule has 0 fully saturated rings. The summed E-state index contributed by atoms with van der Waals surface area (Å²) in [5.41, 5.74) is 3.22. The summed E-state index contributed by atoms with van der Waals surface area (Å²) in [5.74, 6) is 0.0336. The molecule has 2 aromatic heterocycles. The highest BCUT2D eigenvalue weighted by atomic mass is 79.9. The highest BCUT2D eigenvalue weighted by Crippen LogP contribution is 2.26. The number of hydrogen-bond acceptors (Lipinski definition) is 3. The van der Waals surface area contributed by atoms with Gasteiger partial charge >= 0.3 is 0 Å². The van der Waals surface area contributed by atoms with Gasteiger partial charge in [-0.05, 0) is 28.4 Å². The van der Waals surface area contributed by atoms with E-state index < -0.39 is 0 Å². The van der Waals surface area contributed by atoms with Crippen LogP contribution in [-0.2, 0) is 19.9 Å². The highest BCUT2D eigenvalue weighted by molar-refractivity contribution is 9.10. The van der Waals surface area contributed by atoms with E-state index >= 15 is 0 Å². The van der Waals surface area contributed by atoms with E-state index in [1.807, 2.05) is 38.2 Å². The third-order valence-electron chi connectivity index (χ3n) is 3.61. The number of halogens is 1. The smallest absolute Gasteiger partial charge is 0.172 e. The number of benzene rings is 1. The quantitative estimate of drug-likeness (QED) is 0.672. The van der Waals surface area contributed by atoms with E-state index in [0.717, 1.165) is 33.3 Å². The number of rotatable bonds is 4. The molecule has 0 atom stereocenters. The SMILES string of the molecule is CCc1nn(C)c(CC(=O)c2coc3ccccc23)c1Br. The van der Waals surface area contributed by atoms with E-state index in [-0.39, 0.29) is 5.78 Å². The minimum absolute atomic E-state index is 0.0336. The Balaban J connectivity index is 1.95. The summed E-state index contributed by atoms with van der Waals surface area (Å²) in [5, 5.41) is 5.28. The summed E-state index contributed by atoms with van der Waals surface area (Å²) in [4.78, 5) is 12.6. The molecule has 3 aromatic rings. The zero-order valence-electron chi connectivity index (χ0n) is 11.9. The Morgan fingerprint density at radius 3 is 2.86 bits per heavy atom. The second-order valence-electron chi connectivity index (χ2n) is 4.93. The summed E-state index contributed by atoms with van der Waals surface area (Å²) in [6, 6.07) is 7.57. The summed E-state index contributed by atoms with van der Waals surface area (Å²) in [7, 11) is 1.86. The number of Topliss-reactive ketones (excluding diaryl/α,β-unsaturated/α-hetero) is 1. The van der Waals surface area contributed by atoms with Crippen molar-refractivity contribution in [1.29, 1.82) is 0 Å². The third-order valence-corrected chi connectivity index (χ3v) is 4.53. The maximum absolute atomic E-state index is 12.6. The van der Waals surface area contributed by atoms with E-state index in [0.29, 0.717) is 12.0 Å². The summed E-state index contributed by atoms with van der Waals surface area (Å²) >= 11 is 3.54. The molecule has 108 valence electrons. The average Bonchev–Trinajstić information content (AvgIpc) is 3.03. The lowest BCUT2D eigenvalue weighted by Gasteiger charge is -2.01. The Kier molecular flexibility index (Phi) is 3.68. The van der Waals surface area contributed by atoms with E-state index in [1.54, 1.807) is 4.68 Å². The zero-order valence-corrected chi connectivity index (χ0v) is 13.5. The molecule has 1 aromatic carbocycles. The molecular weight excluding hydrogens is 332 g/mol. The summed E-state index contributed by atoms with van der Waals surface area (Å²) in [6.45, 7) is 2.04. The number of aryl methyl sites for hydroxylation is 2. The molecule has 0 bridgehead atoms. The molecule has 0 amide bonds. The predicted octanol–water partition coefficient (Wildman–Crippen LogP) is 3.92. The molecule has 0 radical (unpaired) electrons. The lowest BCUT2D eigenvalue weighted by atomic mass is 10.1. The summed E-state index contributed by atoms with van der Waals surface area (Å²) in [6.07, 6.45) is 2.67. The normalized spacial score (nSPS) is 11.2. The molecule has 0 aliphatic rings. The Bertz CT molecular complexity index is 817. The van der Waals surface area contributed by atoms with Crippen molar-refractivity contribution in [2.45, 2.75) is 19.8 Å². The minimum atomic E-state index is 0.0336. The van der Waals surface area contributed by atoms with Crippen LogP contribution in [-0.4, -0.2) is 15.6 Å². The summed E-state index contributed by atoms with van der Waals surface area (Å²) < 4.78 is 8.13. The largest absolute Gasteiger partial charge is 0.464 e. The number of hydrogen-bond donors (Lipinski definition) is 0. The van der Waals surface area contributed by atoms with Crippen molar-refractivity contribution in [1.82, 2.24) is 9.78 Å². The minimum Gasteiger partial charge on any atom is -0.464 e. The number of carbonyl (C=O) groups excluding carboxylic acids is 1. The van der Waals surface area contributed by atoms with Crippen molar-refractivity contribution in [3.05, 3.63) is 52.0 Å². The van der Waals surface area contributed by atoms with E-state index in [9.17, 15) is 4.79 Å². The predicted molar refractivity (Wildman–Crippen MR) is 84.5 cm³/mol. The van der Waals surface area contributed by atoms with Gasteiger partial charge in [0.15, 0.2) is 5.78 Å². The second kappa shape index (κ2) is 5.48. The molecule has 5 heteroatoms. The zero-order chi connectivity index (χ0) is 15.0. The Morgan fingerprint density at radius 1 is 1.38 bits per heavy atom. The number of nitrogens with zero attached hydrogens (tertiary/aromatic N) is 2. The molecule has 3 rings (SSSR count). The standard InChI is InChI=1S/C16H15BrN2O2/c1-3-12-16(17)13(19(2)18-12)8-14(20)11-9-21-15-7-5-4-6-10(11)15/h4-7,9H,3,8H2,1-2H3. The number of para-hydroxylation sites is 1. The lowest BCUT2D eigenvalue weighted by molar-refractivity contribution is 0.0991. The monoisotopic (exact) mass is 346 g/mol. The van der Waals surface area contributed by atoms with Gasteiger partial charge in [-0.15, -0.1) is 0 Å². The first kappa shape index (κ1) is 14.1. The lowest BCUT2D eigenvalue weighted by Crippen LogP contribution is -2.08. The first-order chi connectivity index (χ1) is 10.1. The van der Waals surface area contributed by atoms with Crippen LogP contribution in [0, 0.1) is 0 Å². The van der Waals surface area contributed by atoms with Gasteiger partial charge in [-0.3, -0.25) is 9.48 Å². The molecule has 2 heterocycles. The topological polar surface area (TPSA) is 48.0 Å². The van der Waals surface area contributed by atoms with Gasteiger partial charge in [0.05, 0.1) is 27.8 Å². The van der Waals surface area contributed by atoms with E-state index in [2.05, 4.69) is 21.0 Å². The average molecular weight is 347 g/mol. The first-order valence-corrected chi connectivity index (χ1v) is 7.60. The number of carbonyl (C=O) groups is 1. The van der Waals surface area contributed by atoms with Crippen molar-refractivity contribution in [2.75, 3.05) is 0 Å². The Morgan fingerprint density at radius 2 is 2.14 bits per heavy atom. The van der Waals surface area contributed by atoms with Crippen LogP contribution in [0.15, 0.2) is 39.4 Å². The van der Waals surface area contributed by atoms with Crippen molar-refractivity contribution < 1.29 is 9.21 Å². The highest BCUT2D eigenvalue weighted by Gasteiger charge is 2.19. The molecular formula is C16H15BrN2O2. The van der Waals surface area contributed by atoms with Crippen molar-refractivity contribution in [2.24, 2.45) is 7.05 Å². The molecule has 0 saturated heterocycles. The van der Waals surface area contributed by atoms with Crippen LogP contribution >= 0.6 is 15.9 Å². The third kappa shape index (κ3) is 2.42. The van der Waals surface area contributed by atoms with Gasteiger partial charge in [0.2, 0.25) is 0 Å². The van der Waals surface area contributed by atoms with Gasteiger partial charge in [-0.25, -0.2) is 0 Å². The van der Waals surface area contributed by atoms with Crippen LogP contribution in [0.2, 0.25) is 0 Å². The van der Waals surface area contributed by atoms with Crippen LogP contribution in [0.3, 0.4) is 0 Å². The van der Waals surface area contributed by atoms with Crippen LogP contribution < -0.4 is 0 Å². The van der Waals surface area contributed by atoms with Gasteiger partial charge in [0, 0.05) is 12.4 Å². The molecule has 0 unspecified atom stereocenters. The van der Waals surface area contributed by atoms with Crippen LogP contribution in [0.4, 0.5) is 0 Å². The molecule has 0 aliphatic heterocycles. The van der Waals surface area contributed by atoms with E-state index in [1.165, 1.54) is 6.26 Å². The van der Waals surface area contributed by atoms with Crippen molar-refractivity contribution in [3.63, 3.8) is 0 Å². The van der Waals surface area contributed by atoms with Crippen molar-refractivity contribution >= 4 is 32.7 Å². The number of ketones is 1. The first-order valence-electron chi connectivity index (χ1n) is 6.81. The fraction of sp³-hybridized carbons (Fsp3) is 0.250. The van der Waals surface area contributed by atoms with Gasteiger partial charge in [-0.1, -0.05) is 25.1 Å². The second-order valence-corrected chi connectivity index (χ2v) is 5.72. The molecule has 0 N–H and O–H groups in total. The van der Waals surface area contributed by atoms with Crippen LogP contribution in [0.25, 0.3) is 11.0 Å². The molecule has 0 aliphatic carbocycles. The maximum atomic E-state index is 12.6. The Labute approximate surface area is 130 Å². The number of furan rings is 1. The molecule has 0 spiro atoms. The van der Waals surface area contributed by atoms with E-state index in [4.69, 9.17) is 4.42 Å². The van der Waals surface area contributed by atoms with Crippen LogP contribution in [0.1, 0.15) is 28.7 Å². The van der Waals surface area contributed by atoms with Crippen LogP contribution in [0.5, 0.6) is 0 Å².